The highest BCUT2D eigenvalue weighted by molar-refractivity contribution is 7.25. The zero-order valence-electron chi connectivity index (χ0n) is 37.6. The van der Waals surface area contributed by atoms with Gasteiger partial charge in [-0.1, -0.05) is 176 Å². The Labute approximate surface area is 404 Å². The first-order valence-corrected chi connectivity index (χ1v) is 24.5. The topological polar surface area (TPSA) is 6.48 Å². The fourth-order valence-electron chi connectivity index (χ4n) is 11.1. The fraction of sp³-hybridized carbons (Fsp3) is 0. The van der Waals surface area contributed by atoms with Crippen molar-refractivity contribution in [2.45, 2.75) is 0 Å². The summed E-state index contributed by atoms with van der Waals surface area (Å²) in [7, 11) is 0. The van der Waals surface area contributed by atoms with Crippen LogP contribution in [0, 0.1) is 0 Å². The molecule has 0 radical (unpaired) electrons. The first kappa shape index (κ1) is 39.4. The van der Waals surface area contributed by atoms with Crippen LogP contribution >= 0.6 is 11.3 Å². The Balaban J connectivity index is 1.10. The van der Waals surface area contributed by atoms with E-state index >= 15 is 0 Å². The number of fused-ring (bicyclic) bond motifs is 18. The third-order valence-electron chi connectivity index (χ3n) is 14.2. The normalized spacial score (nSPS) is 12.0. The SMILES string of the molecule is c1ccc(N(c2ccc3c(c2)-c2ccccc2N(c2ccccc2)c2ccccc2-3)c2ccc3c4ccccc4c4ccccc4c4ccccc4c4cc5c(cc4c3c2)sc2ccccc25)cc1. The second-order valence-corrected chi connectivity index (χ2v) is 19.0. The van der Waals surface area contributed by atoms with Crippen molar-refractivity contribution in [3.63, 3.8) is 0 Å². The molecule has 0 N–H and O–H groups in total. The number of thiophene rings is 1. The molecular weight excluding hydrogens is 853 g/mol. The van der Waals surface area contributed by atoms with Crippen molar-refractivity contribution in [1.29, 1.82) is 0 Å². The number of hydrogen-bond donors (Lipinski definition) is 0. The van der Waals surface area contributed by atoms with Gasteiger partial charge in [0.2, 0.25) is 0 Å². The molecule has 0 unspecified atom stereocenters. The second-order valence-electron chi connectivity index (χ2n) is 18.0. The number of para-hydroxylation sites is 4. The molecule has 14 rings (SSSR count). The summed E-state index contributed by atoms with van der Waals surface area (Å²) in [5, 5.41) is 14.8. The van der Waals surface area contributed by atoms with E-state index < -0.39 is 0 Å². The van der Waals surface area contributed by atoms with Crippen LogP contribution in [0.15, 0.2) is 255 Å². The monoisotopic (exact) mass is 894 g/mol. The summed E-state index contributed by atoms with van der Waals surface area (Å²) < 4.78 is 2.58. The summed E-state index contributed by atoms with van der Waals surface area (Å²) >= 11 is 1.88. The van der Waals surface area contributed by atoms with Crippen molar-refractivity contribution in [1.82, 2.24) is 0 Å². The summed E-state index contributed by atoms with van der Waals surface area (Å²) in [4.78, 5) is 4.86. The molecule has 1 aliphatic rings. The predicted molar refractivity (Wildman–Crippen MR) is 298 cm³/mol. The van der Waals surface area contributed by atoms with Gasteiger partial charge in [-0.15, -0.1) is 11.3 Å². The van der Waals surface area contributed by atoms with Gasteiger partial charge in [0.05, 0.1) is 11.4 Å². The van der Waals surface area contributed by atoms with Crippen molar-refractivity contribution in [3.05, 3.63) is 255 Å². The van der Waals surface area contributed by atoms with E-state index in [9.17, 15) is 0 Å². The van der Waals surface area contributed by atoms with E-state index in [0.29, 0.717) is 0 Å². The van der Waals surface area contributed by atoms with Gasteiger partial charge in [-0.25, -0.2) is 0 Å². The lowest BCUT2D eigenvalue weighted by Crippen LogP contribution is -2.10. The molecule has 2 heterocycles. The van der Waals surface area contributed by atoms with Gasteiger partial charge in [-0.05, 0) is 144 Å². The number of anilines is 6. The van der Waals surface area contributed by atoms with Gasteiger partial charge in [0.15, 0.2) is 0 Å². The Hall–Kier alpha value is -8.76. The molecule has 2 nitrogen and oxygen atoms in total. The largest absolute Gasteiger partial charge is 0.310 e. The van der Waals surface area contributed by atoms with Gasteiger partial charge in [-0.2, -0.15) is 0 Å². The lowest BCUT2D eigenvalue weighted by Gasteiger charge is -2.27. The number of benzene rings is 11. The van der Waals surface area contributed by atoms with E-state index in [1.165, 1.54) is 96.3 Å². The van der Waals surface area contributed by atoms with Crippen molar-refractivity contribution < 1.29 is 0 Å². The Morgan fingerprint density at radius 3 is 1.33 bits per heavy atom. The van der Waals surface area contributed by atoms with Crippen molar-refractivity contribution in [3.8, 4) is 22.3 Å². The van der Waals surface area contributed by atoms with Crippen molar-refractivity contribution >= 4 is 119 Å². The van der Waals surface area contributed by atoms with E-state index in [2.05, 4.69) is 265 Å². The minimum absolute atomic E-state index is 1.08. The van der Waals surface area contributed by atoms with Crippen LogP contribution in [0.5, 0.6) is 0 Å². The maximum Gasteiger partial charge on any atom is 0.0540 e. The van der Waals surface area contributed by atoms with Gasteiger partial charge < -0.3 is 9.80 Å². The predicted octanol–water partition coefficient (Wildman–Crippen LogP) is 19.5. The van der Waals surface area contributed by atoms with Crippen LogP contribution in [0.25, 0.3) is 96.3 Å². The Morgan fingerprint density at radius 2 is 0.696 bits per heavy atom. The molecule has 1 aromatic heterocycles. The minimum Gasteiger partial charge on any atom is -0.310 e. The van der Waals surface area contributed by atoms with Gasteiger partial charge in [-0.3, -0.25) is 0 Å². The molecule has 13 aromatic rings. The molecule has 0 bridgehead atoms. The van der Waals surface area contributed by atoms with Gasteiger partial charge in [0.25, 0.3) is 0 Å². The molecule has 0 saturated carbocycles. The van der Waals surface area contributed by atoms with Crippen LogP contribution in [0.2, 0.25) is 0 Å². The second kappa shape index (κ2) is 16.0. The van der Waals surface area contributed by atoms with Crippen LogP contribution in [0.1, 0.15) is 0 Å². The minimum atomic E-state index is 1.08. The molecule has 0 saturated heterocycles. The highest BCUT2D eigenvalue weighted by Crippen LogP contribution is 2.52. The van der Waals surface area contributed by atoms with E-state index in [4.69, 9.17) is 0 Å². The highest BCUT2D eigenvalue weighted by Gasteiger charge is 2.27. The Kier molecular flexibility index (Phi) is 9.11. The van der Waals surface area contributed by atoms with Crippen molar-refractivity contribution in [2.24, 2.45) is 0 Å². The number of nitrogens with zero attached hydrogens (tertiary/aromatic N) is 2. The van der Waals surface area contributed by atoms with E-state index in [1.807, 2.05) is 11.3 Å². The molecule has 0 aliphatic carbocycles. The quantitative estimate of drug-likeness (QED) is 0.174. The average Bonchev–Trinajstić information content (AvgIpc) is 3.73. The molecule has 0 amide bonds. The first-order valence-electron chi connectivity index (χ1n) is 23.7. The zero-order chi connectivity index (χ0) is 45.4. The number of rotatable bonds is 4. The summed E-state index contributed by atoms with van der Waals surface area (Å²) in [6.07, 6.45) is 0. The maximum absolute atomic E-state index is 2.48. The molecule has 0 atom stereocenters. The third-order valence-corrected chi connectivity index (χ3v) is 15.3. The summed E-state index contributed by atoms with van der Waals surface area (Å²) in [6.45, 7) is 0. The molecule has 12 aromatic carbocycles. The first-order chi connectivity index (χ1) is 34.2. The lowest BCUT2D eigenvalue weighted by molar-refractivity contribution is 1.29. The van der Waals surface area contributed by atoms with Crippen LogP contribution in [0.4, 0.5) is 34.1 Å². The molecule has 0 spiro atoms. The van der Waals surface area contributed by atoms with Crippen LogP contribution in [-0.2, 0) is 0 Å². The molecule has 1 aliphatic heterocycles. The van der Waals surface area contributed by atoms with Crippen LogP contribution in [0.3, 0.4) is 0 Å². The van der Waals surface area contributed by atoms with Crippen LogP contribution in [-0.4, -0.2) is 0 Å². The Bertz CT molecular complexity index is 4270. The van der Waals surface area contributed by atoms with Crippen LogP contribution < -0.4 is 9.80 Å². The Morgan fingerprint density at radius 1 is 0.246 bits per heavy atom. The summed E-state index contributed by atoms with van der Waals surface area (Å²) in [6, 6.07) is 94.3. The number of hydrogen-bond acceptors (Lipinski definition) is 3. The van der Waals surface area contributed by atoms with E-state index in [1.54, 1.807) is 0 Å². The average molecular weight is 895 g/mol. The summed E-state index contributed by atoms with van der Waals surface area (Å²) in [5.41, 5.74) is 11.5. The zero-order valence-corrected chi connectivity index (χ0v) is 38.4. The third kappa shape index (κ3) is 6.32. The molecule has 322 valence electrons. The van der Waals surface area contributed by atoms with Gasteiger partial charge in [0.1, 0.15) is 0 Å². The lowest BCUT2D eigenvalue weighted by atomic mass is 9.93. The highest BCUT2D eigenvalue weighted by atomic mass is 32.1. The van der Waals surface area contributed by atoms with Gasteiger partial charge >= 0.3 is 0 Å². The standard InChI is InChI=1S/C66H42N2S/c1-3-19-43(20-4-1)67(45-36-38-54-55-29-13-16-32-63(55)68(44-21-5-2-6-22-44)64-33-17-14-30-56(64)58(54)39-45)46-35-37-53-51-27-10-9-25-49(51)47-23-7-8-24-48(47)50-26-11-12-28-52(50)60-41-62-57-31-15-18-34-65(57)69-66(62)42-61(60)59(53)40-46/h1-42H. The smallest absolute Gasteiger partial charge is 0.0540 e. The maximum atomic E-state index is 2.48. The van der Waals surface area contributed by atoms with Gasteiger partial charge in [0, 0.05) is 54.0 Å². The van der Waals surface area contributed by atoms with E-state index in [0.717, 1.165) is 34.1 Å². The fourth-order valence-corrected chi connectivity index (χ4v) is 12.3. The van der Waals surface area contributed by atoms with E-state index in [-0.39, 0.29) is 0 Å². The molecule has 69 heavy (non-hydrogen) atoms. The van der Waals surface area contributed by atoms with Crippen molar-refractivity contribution in [2.75, 3.05) is 9.80 Å². The molecule has 0 fully saturated rings. The summed E-state index contributed by atoms with van der Waals surface area (Å²) in [5.74, 6) is 0. The molecule has 3 heteroatoms. The molecular formula is C66H42N2S.